The smallest absolute Gasteiger partial charge is 0.193 e. The van der Waals surface area contributed by atoms with E-state index in [1.54, 1.807) is 7.11 Å². The normalized spacial score (nSPS) is 25.7. The van der Waals surface area contributed by atoms with Gasteiger partial charge < -0.3 is 20.5 Å². The van der Waals surface area contributed by atoms with Gasteiger partial charge in [0.15, 0.2) is 5.96 Å². The number of guanidine groups is 1. The lowest BCUT2D eigenvalue weighted by Gasteiger charge is -2.59. The van der Waals surface area contributed by atoms with Gasteiger partial charge in [-0.25, -0.2) is 4.99 Å². The largest absolute Gasteiger partial charge is 0.380 e. The molecule has 0 saturated heterocycles. The molecule has 5 nitrogen and oxygen atoms in total. The van der Waals surface area contributed by atoms with Crippen LogP contribution in [0.15, 0.2) is 29.3 Å². The van der Waals surface area contributed by atoms with Crippen LogP contribution in [0.5, 0.6) is 0 Å². The number of methoxy groups -OCH3 is 1. The Morgan fingerprint density at radius 2 is 2.17 bits per heavy atom. The highest BCUT2D eigenvalue weighted by Gasteiger charge is 2.59. The number of nitrogens with one attached hydrogen (secondary N) is 1. The summed E-state index contributed by atoms with van der Waals surface area (Å²) in [7, 11) is 1.69. The second kappa shape index (κ2) is 6.89. The number of ether oxygens (including phenoxy) is 2. The summed E-state index contributed by atoms with van der Waals surface area (Å²) in [5, 5.41) is 3.23. The predicted molar refractivity (Wildman–Crippen MR) is 92.5 cm³/mol. The molecular formula is C18H27N3O2. The van der Waals surface area contributed by atoms with Gasteiger partial charge in [-0.05, 0) is 32.3 Å². The van der Waals surface area contributed by atoms with Gasteiger partial charge in [-0.2, -0.15) is 0 Å². The van der Waals surface area contributed by atoms with Crippen LogP contribution in [0.1, 0.15) is 38.2 Å². The first-order chi connectivity index (χ1) is 11.2. The predicted octanol–water partition coefficient (Wildman–Crippen LogP) is 2.91. The third-order valence-electron chi connectivity index (χ3n) is 5.27. The lowest BCUT2D eigenvalue weighted by atomic mass is 9.51. The number of anilines is 1. The molecule has 0 amide bonds. The van der Waals surface area contributed by atoms with Crippen LogP contribution in [0.4, 0.5) is 5.69 Å². The molecule has 5 heteroatoms. The van der Waals surface area contributed by atoms with Crippen molar-refractivity contribution in [3.8, 4) is 0 Å². The highest BCUT2D eigenvalue weighted by atomic mass is 16.5. The maximum Gasteiger partial charge on any atom is 0.193 e. The number of rotatable bonds is 6. The Balaban J connectivity index is 1.67. The van der Waals surface area contributed by atoms with Gasteiger partial charge in [-0.1, -0.05) is 24.6 Å². The standard InChI is InChI=1S/C18H27N3O2/c1-3-23-16-11-15(18(16)9-6-10-18)21-17(19)20-14-8-5-4-7-13(14)12-22-2/h4-5,7-8,15-16H,3,6,9-12H2,1-2H3,(H3,19,20,21). The molecule has 1 aromatic carbocycles. The summed E-state index contributed by atoms with van der Waals surface area (Å²) in [6.07, 6.45) is 5.04. The van der Waals surface area contributed by atoms with Crippen LogP contribution in [0.3, 0.4) is 0 Å². The van der Waals surface area contributed by atoms with Crippen molar-refractivity contribution in [3.63, 3.8) is 0 Å². The quantitative estimate of drug-likeness (QED) is 0.625. The second-order valence-electron chi connectivity index (χ2n) is 6.51. The summed E-state index contributed by atoms with van der Waals surface area (Å²) in [4.78, 5) is 4.75. The van der Waals surface area contributed by atoms with Gasteiger partial charge in [0, 0.05) is 30.4 Å². The van der Waals surface area contributed by atoms with Crippen LogP contribution < -0.4 is 11.1 Å². The monoisotopic (exact) mass is 317 g/mol. The van der Waals surface area contributed by atoms with Crippen LogP contribution in [0.25, 0.3) is 0 Å². The first-order valence-corrected chi connectivity index (χ1v) is 8.48. The molecule has 2 aliphatic rings. The second-order valence-corrected chi connectivity index (χ2v) is 6.51. The van der Waals surface area contributed by atoms with Crippen molar-refractivity contribution in [3.05, 3.63) is 29.8 Å². The zero-order valence-corrected chi connectivity index (χ0v) is 14.0. The van der Waals surface area contributed by atoms with Crippen molar-refractivity contribution < 1.29 is 9.47 Å². The Bertz CT molecular complexity index is 569. The summed E-state index contributed by atoms with van der Waals surface area (Å²) >= 11 is 0. The molecule has 0 aliphatic heterocycles. The Labute approximate surface area is 138 Å². The van der Waals surface area contributed by atoms with Gasteiger partial charge in [-0.15, -0.1) is 0 Å². The van der Waals surface area contributed by atoms with Crippen LogP contribution in [-0.2, 0) is 16.1 Å². The number of hydrogen-bond donors (Lipinski definition) is 2. The van der Waals surface area contributed by atoms with Crippen molar-refractivity contribution in [2.24, 2.45) is 16.1 Å². The molecule has 3 rings (SSSR count). The number of hydrogen-bond acceptors (Lipinski definition) is 3. The van der Waals surface area contributed by atoms with Crippen LogP contribution in [0, 0.1) is 5.41 Å². The summed E-state index contributed by atoms with van der Waals surface area (Å²) < 4.78 is 11.1. The first kappa shape index (κ1) is 16.3. The number of nitrogens with two attached hydrogens (primary N) is 1. The Morgan fingerprint density at radius 3 is 2.83 bits per heavy atom. The van der Waals surface area contributed by atoms with E-state index >= 15 is 0 Å². The maximum atomic E-state index is 6.16. The van der Waals surface area contributed by atoms with Crippen LogP contribution in [-0.4, -0.2) is 31.8 Å². The highest BCUT2D eigenvalue weighted by molar-refractivity contribution is 5.93. The molecule has 23 heavy (non-hydrogen) atoms. The summed E-state index contributed by atoms with van der Waals surface area (Å²) in [6, 6.07) is 8.29. The molecule has 0 heterocycles. The van der Waals surface area contributed by atoms with E-state index in [1.807, 2.05) is 24.3 Å². The number of nitrogens with zero attached hydrogens (tertiary/aromatic N) is 1. The lowest BCUT2D eigenvalue weighted by Crippen LogP contribution is -2.61. The summed E-state index contributed by atoms with van der Waals surface area (Å²) in [5.74, 6) is 0.486. The fourth-order valence-corrected chi connectivity index (χ4v) is 3.84. The van der Waals surface area contributed by atoms with Gasteiger partial charge in [-0.3, -0.25) is 0 Å². The van der Waals surface area contributed by atoms with E-state index in [1.165, 1.54) is 19.3 Å². The van der Waals surface area contributed by atoms with Gasteiger partial charge >= 0.3 is 0 Å². The highest BCUT2D eigenvalue weighted by Crippen LogP contribution is 2.58. The molecule has 2 saturated carbocycles. The fourth-order valence-electron chi connectivity index (χ4n) is 3.84. The Hall–Kier alpha value is -1.59. The van der Waals surface area contributed by atoms with E-state index in [4.69, 9.17) is 20.2 Å². The van der Waals surface area contributed by atoms with Gasteiger partial charge in [0.1, 0.15) is 0 Å². The molecular weight excluding hydrogens is 290 g/mol. The SMILES string of the molecule is CCOC1CC(N=C(N)Nc2ccccc2COC)C12CCC2. The molecule has 0 bridgehead atoms. The molecule has 0 radical (unpaired) electrons. The maximum absolute atomic E-state index is 6.16. The fraction of sp³-hybridized carbons (Fsp3) is 0.611. The molecule has 2 unspecified atom stereocenters. The van der Waals surface area contributed by atoms with Gasteiger partial charge in [0.2, 0.25) is 0 Å². The summed E-state index contributed by atoms with van der Waals surface area (Å²) in [5.41, 5.74) is 8.44. The van der Waals surface area contributed by atoms with E-state index in [9.17, 15) is 0 Å². The molecule has 0 aromatic heterocycles. The first-order valence-electron chi connectivity index (χ1n) is 8.48. The van der Waals surface area contributed by atoms with Crippen LogP contribution in [0.2, 0.25) is 0 Å². The molecule has 1 spiro atoms. The molecule has 2 aliphatic carbocycles. The van der Waals surface area contributed by atoms with Gasteiger partial charge in [0.25, 0.3) is 0 Å². The van der Waals surface area contributed by atoms with Crippen molar-refractivity contribution in [1.29, 1.82) is 0 Å². The number of aliphatic imine (C=N–C) groups is 1. The Morgan fingerprint density at radius 1 is 1.39 bits per heavy atom. The molecule has 126 valence electrons. The minimum absolute atomic E-state index is 0.244. The third kappa shape index (κ3) is 3.08. The van der Waals surface area contributed by atoms with E-state index in [-0.39, 0.29) is 11.5 Å². The zero-order valence-electron chi connectivity index (χ0n) is 14.0. The van der Waals surface area contributed by atoms with Crippen molar-refractivity contribution in [1.82, 2.24) is 0 Å². The minimum atomic E-state index is 0.244. The lowest BCUT2D eigenvalue weighted by molar-refractivity contribution is -0.162. The summed E-state index contributed by atoms with van der Waals surface area (Å²) in [6.45, 7) is 3.39. The van der Waals surface area contributed by atoms with E-state index in [0.717, 1.165) is 24.3 Å². The topological polar surface area (TPSA) is 68.9 Å². The zero-order chi connectivity index (χ0) is 16.3. The molecule has 1 aromatic rings. The van der Waals surface area contributed by atoms with Gasteiger partial charge in [0.05, 0.1) is 18.8 Å². The third-order valence-corrected chi connectivity index (χ3v) is 5.27. The number of para-hydroxylation sites is 1. The van der Waals surface area contributed by atoms with E-state index in [2.05, 4.69) is 12.2 Å². The minimum Gasteiger partial charge on any atom is -0.380 e. The average molecular weight is 317 g/mol. The van der Waals surface area contributed by atoms with Crippen molar-refractivity contribution in [2.45, 2.75) is 51.4 Å². The molecule has 2 fully saturated rings. The molecule has 3 N–H and O–H groups in total. The number of benzene rings is 1. The average Bonchev–Trinajstić information content (AvgIpc) is 2.46. The van der Waals surface area contributed by atoms with Crippen molar-refractivity contribution in [2.75, 3.05) is 19.0 Å². The molecule has 2 atom stereocenters. The van der Waals surface area contributed by atoms with E-state index < -0.39 is 0 Å². The van der Waals surface area contributed by atoms with Crippen LogP contribution >= 0.6 is 0 Å². The van der Waals surface area contributed by atoms with E-state index in [0.29, 0.717) is 18.7 Å². The van der Waals surface area contributed by atoms with Crippen molar-refractivity contribution >= 4 is 11.6 Å². The Kier molecular flexibility index (Phi) is 4.87.